The molecule has 0 radical (unpaired) electrons. The molecule has 1 saturated carbocycles. The molecule has 2 aliphatic carbocycles. The molecule has 1 heterocycles. The van der Waals surface area contributed by atoms with Crippen LogP contribution in [0.5, 0.6) is 0 Å². The number of fused-ring (bicyclic) bond motifs is 1. The minimum Gasteiger partial charge on any atom is -0.301 e. The summed E-state index contributed by atoms with van der Waals surface area (Å²) in [4.78, 5) is 5.31. The summed E-state index contributed by atoms with van der Waals surface area (Å²) in [5.74, 6) is 0.992. The molecule has 2 nitrogen and oxygen atoms in total. The zero-order valence-corrected chi connectivity index (χ0v) is 17.9. The van der Waals surface area contributed by atoms with Crippen molar-refractivity contribution >= 4 is 11.6 Å². The van der Waals surface area contributed by atoms with Crippen molar-refractivity contribution in [1.82, 2.24) is 9.80 Å². The summed E-state index contributed by atoms with van der Waals surface area (Å²) in [6, 6.07) is 14.5. The van der Waals surface area contributed by atoms with Crippen molar-refractivity contribution < 1.29 is 4.39 Å². The lowest BCUT2D eigenvalue weighted by molar-refractivity contribution is 0.0365. The van der Waals surface area contributed by atoms with E-state index in [0.29, 0.717) is 18.0 Å². The molecule has 3 atom stereocenters. The summed E-state index contributed by atoms with van der Waals surface area (Å²) < 4.78 is 13.5. The molecule has 2 fully saturated rings. The van der Waals surface area contributed by atoms with Crippen LogP contribution in [0.4, 0.5) is 4.39 Å². The second-order valence-electron chi connectivity index (χ2n) is 9.22. The standard InChI is InChI=1S/C25H30ClFN2/c1-28-12-13-29(16-25(28)18-4-2-3-5-18)24-15-22(17-6-9-20(27)10-7-17)21-11-8-19(26)14-23(21)24/h6-11,14,18,22,24-25H,2-5,12-13,15-16H2,1H3. The van der Waals surface area contributed by atoms with Crippen LogP contribution in [0.25, 0.3) is 0 Å². The van der Waals surface area contributed by atoms with Crippen molar-refractivity contribution in [2.75, 3.05) is 26.7 Å². The molecule has 0 amide bonds. The maximum atomic E-state index is 13.5. The zero-order chi connectivity index (χ0) is 20.0. The van der Waals surface area contributed by atoms with Gasteiger partial charge in [0.25, 0.3) is 0 Å². The van der Waals surface area contributed by atoms with Gasteiger partial charge in [-0.2, -0.15) is 0 Å². The molecule has 2 aromatic rings. The summed E-state index contributed by atoms with van der Waals surface area (Å²) in [6.45, 7) is 3.38. The number of halogens is 2. The number of benzene rings is 2. The molecule has 154 valence electrons. The highest BCUT2D eigenvalue weighted by atomic mass is 35.5. The Morgan fingerprint density at radius 2 is 1.72 bits per heavy atom. The van der Waals surface area contributed by atoms with E-state index in [2.05, 4.69) is 29.0 Å². The molecule has 0 spiro atoms. The number of nitrogens with zero attached hydrogens (tertiary/aromatic N) is 2. The molecule has 4 heteroatoms. The summed E-state index contributed by atoms with van der Waals surface area (Å²) in [6.07, 6.45) is 6.61. The molecule has 0 N–H and O–H groups in total. The molecule has 3 unspecified atom stereocenters. The van der Waals surface area contributed by atoms with Crippen LogP contribution in [-0.4, -0.2) is 42.5 Å². The SMILES string of the molecule is CN1CCN(C2CC(c3ccc(F)cc3)c3ccc(Cl)cc32)CC1C1CCCC1. The smallest absolute Gasteiger partial charge is 0.123 e. The zero-order valence-electron chi connectivity index (χ0n) is 17.2. The van der Waals surface area contributed by atoms with Crippen LogP contribution < -0.4 is 0 Å². The Morgan fingerprint density at radius 1 is 0.966 bits per heavy atom. The second kappa shape index (κ2) is 8.02. The van der Waals surface area contributed by atoms with E-state index in [9.17, 15) is 4.39 Å². The van der Waals surface area contributed by atoms with Crippen LogP contribution in [-0.2, 0) is 0 Å². The lowest BCUT2D eigenvalue weighted by Gasteiger charge is -2.45. The van der Waals surface area contributed by atoms with Crippen molar-refractivity contribution in [3.8, 4) is 0 Å². The third-order valence-corrected chi connectivity index (χ3v) is 7.86. The Hall–Kier alpha value is -1.42. The van der Waals surface area contributed by atoms with Gasteiger partial charge in [0.05, 0.1) is 0 Å². The van der Waals surface area contributed by atoms with E-state index in [4.69, 9.17) is 11.6 Å². The normalized spacial score (nSPS) is 28.7. The van der Waals surface area contributed by atoms with Gasteiger partial charge in [-0.15, -0.1) is 0 Å². The Morgan fingerprint density at radius 3 is 2.48 bits per heavy atom. The van der Waals surface area contributed by atoms with Crippen molar-refractivity contribution in [2.45, 2.75) is 50.1 Å². The van der Waals surface area contributed by atoms with Gasteiger partial charge in [0.15, 0.2) is 0 Å². The third-order valence-electron chi connectivity index (χ3n) is 7.63. The highest BCUT2D eigenvalue weighted by Gasteiger charge is 2.40. The number of hydrogen-bond donors (Lipinski definition) is 0. The van der Waals surface area contributed by atoms with E-state index in [0.717, 1.165) is 37.0 Å². The van der Waals surface area contributed by atoms with Gasteiger partial charge in [0.1, 0.15) is 5.82 Å². The highest BCUT2D eigenvalue weighted by Crippen LogP contribution is 2.48. The molecular weight excluding hydrogens is 383 g/mol. The average molecular weight is 413 g/mol. The van der Waals surface area contributed by atoms with E-state index < -0.39 is 0 Å². The van der Waals surface area contributed by atoms with Crippen LogP contribution in [0.3, 0.4) is 0 Å². The lowest BCUT2D eigenvalue weighted by atomic mass is 9.92. The monoisotopic (exact) mass is 412 g/mol. The quantitative estimate of drug-likeness (QED) is 0.622. The fourth-order valence-corrected chi connectivity index (χ4v) is 6.22. The average Bonchev–Trinajstić information content (AvgIpc) is 3.37. The number of likely N-dealkylation sites (N-methyl/N-ethyl adjacent to an activating group) is 1. The van der Waals surface area contributed by atoms with Crippen molar-refractivity contribution in [3.63, 3.8) is 0 Å². The van der Waals surface area contributed by atoms with Crippen molar-refractivity contribution in [1.29, 1.82) is 0 Å². The summed E-state index contributed by atoms with van der Waals surface area (Å²) in [5.41, 5.74) is 3.95. The molecule has 29 heavy (non-hydrogen) atoms. The number of hydrogen-bond acceptors (Lipinski definition) is 2. The lowest BCUT2D eigenvalue weighted by Crippen LogP contribution is -2.54. The van der Waals surface area contributed by atoms with Crippen LogP contribution in [0.1, 0.15) is 60.8 Å². The number of rotatable bonds is 3. The fourth-order valence-electron chi connectivity index (χ4n) is 6.04. The van der Waals surface area contributed by atoms with E-state index in [1.807, 2.05) is 18.2 Å². The minimum atomic E-state index is -0.168. The Bertz CT molecular complexity index is 862. The molecule has 0 bridgehead atoms. The Labute approximate surface area is 178 Å². The predicted octanol–water partition coefficient (Wildman–Crippen LogP) is 5.86. The predicted molar refractivity (Wildman–Crippen MR) is 117 cm³/mol. The Balaban J connectivity index is 1.44. The first kappa shape index (κ1) is 19.5. The Kier molecular flexibility index (Phi) is 5.40. The van der Waals surface area contributed by atoms with Crippen molar-refractivity contribution in [2.24, 2.45) is 5.92 Å². The minimum absolute atomic E-state index is 0.168. The van der Waals surface area contributed by atoms with Crippen LogP contribution in [0.2, 0.25) is 5.02 Å². The maximum Gasteiger partial charge on any atom is 0.123 e. The van der Waals surface area contributed by atoms with Crippen LogP contribution >= 0.6 is 11.6 Å². The van der Waals surface area contributed by atoms with Crippen LogP contribution in [0.15, 0.2) is 42.5 Å². The molecule has 5 rings (SSSR count). The molecular formula is C25H30ClFN2. The topological polar surface area (TPSA) is 6.48 Å². The fraction of sp³-hybridized carbons (Fsp3) is 0.520. The summed E-state index contributed by atoms with van der Waals surface area (Å²) >= 11 is 6.42. The third kappa shape index (κ3) is 3.73. The number of piperazine rings is 1. The van der Waals surface area contributed by atoms with Gasteiger partial charge in [-0.1, -0.05) is 42.6 Å². The van der Waals surface area contributed by atoms with Gasteiger partial charge in [-0.25, -0.2) is 4.39 Å². The van der Waals surface area contributed by atoms with E-state index >= 15 is 0 Å². The van der Waals surface area contributed by atoms with Gasteiger partial charge in [0.2, 0.25) is 0 Å². The molecule has 1 aliphatic heterocycles. The second-order valence-corrected chi connectivity index (χ2v) is 9.65. The van der Waals surface area contributed by atoms with Gasteiger partial charge in [0, 0.05) is 42.7 Å². The summed E-state index contributed by atoms with van der Waals surface area (Å²) in [7, 11) is 2.31. The first-order valence-electron chi connectivity index (χ1n) is 11.1. The van der Waals surface area contributed by atoms with Gasteiger partial charge in [-0.05, 0) is 73.2 Å². The van der Waals surface area contributed by atoms with E-state index in [-0.39, 0.29) is 5.82 Å². The van der Waals surface area contributed by atoms with Crippen molar-refractivity contribution in [3.05, 3.63) is 70.0 Å². The highest BCUT2D eigenvalue weighted by molar-refractivity contribution is 6.30. The first-order chi connectivity index (χ1) is 14.1. The van der Waals surface area contributed by atoms with E-state index in [1.54, 1.807) is 12.1 Å². The van der Waals surface area contributed by atoms with Crippen LogP contribution in [0, 0.1) is 11.7 Å². The van der Waals surface area contributed by atoms with E-state index in [1.165, 1.54) is 42.4 Å². The molecule has 3 aliphatic rings. The largest absolute Gasteiger partial charge is 0.301 e. The maximum absolute atomic E-state index is 13.5. The molecule has 0 aromatic heterocycles. The first-order valence-corrected chi connectivity index (χ1v) is 11.5. The summed E-state index contributed by atoms with van der Waals surface area (Å²) in [5, 5.41) is 0.815. The molecule has 1 saturated heterocycles. The molecule has 2 aromatic carbocycles. The van der Waals surface area contributed by atoms with Gasteiger partial charge in [-0.3, -0.25) is 4.90 Å². The van der Waals surface area contributed by atoms with Gasteiger partial charge < -0.3 is 4.90 Å². The van der Waals surface area contributed by atoms with Gasteiger partial charge >= 0.3 is 0 Å².